The molecule has 1 saturated heterocycles. The molecule has 112 valence electrons. The summed E-state index contributed by atoms with van der Waals surface area (Å²) in [5, 5.41) is 0. The number of nitrogens with one attached hydrogen (secondary N) is 2. The standard InChI is InChI=1S/C16H25BrN2O/c1-14-13-15(17)5-6-16(14)20-12-4-3-7-19-10-8-18(2)9-11-19/h5-6,13H,3-4,7-12H2,1-2H3/p+2. The maximum absolute atomic E-state index is 5.86. The number of quaternary nitrogens is 2. The molecule has 20 heavy (non-hydrogen) atoms. The molecular formula is C16H27BrN2O+2. The Morgan fingerprint density at radius 3 is 2.60 bits per heavy atom. The molecular weight excluding hydrogens is 316 g/mol. The van der Waals surface area contributed by atoms with Crippen LogP contribution in [0.1, 0.15) is 18.4 Å². The van der Waals surface area contributed by atoms with Crippen molar-refractivity contribution in [1.82, 2.24) is 0 Å². The molecule has 0 unspecified atom stereocenters. The van der Waals surface area contributed by atoms with Crippen molar-refractivity contribution < 1.29 is 14.5 Å². The summed E-state index contributed by atoms with van der Waals surface area (Å²) in [6.45, 7) is 9.54. The Morgan fingerprint density at radius 1 is 1.15 bits per heavy atom. The molecule has 0 bridgehead atoms. The molecule has 1 aliphatic rings. The Labute approximate surface area is 131 Å². The minimum atomic E-state index is 0.834. The molecule has 0 atom stereocenters. The Kier molecular flexibility index (Phi) is 6.33. The van der Waals surface area contributed by atoms with Crippen LogP contribution in [-0.2, 0) is 0 Å². The summed E-state index contributed by atoms with van der Waals surface area (Å²) in [6, 6.07) is 6.19. The monoisotopic (exact) mass is 342 g/mol. The normalized spacial score (nSPS) is 22.8. The fourth-order valence-electron chi connectivity index (χ4n) is 2.71. The zero-order valence-corrected chi connectivity index (χ0v) is 14.3. The highest BCUT2D eigenvalue weighted by atomic mass is 79.9. The molecule has 0 aliphatic carbocycles. The second-order valence-electron chi connectivity index (χ2n) is 5.92. The van der Waals surface area contributed by atoms with Gasteiger partial charge in [-0.1, -0.05) is 15.9 Å². The van der Waals surface area contributed by atoms with Crippen molar-refractivity contribution in [2.24, 2.45) is 0 Å². The van der Waals surface area contributed by atoms with E-state index in [4.69, 9.17) is 4.74 Å². The molecule has 1 aliphatic heterocycles. The van der Waals surface area contributed by atoms with E-state index in [1.807, 2.05) is 12.1 Å². The molecule has 0 aromatic heterocycles. The first kappa shape index (κ1) is 15.8. The highest BCUT2D eigenvalue weighted by Gasteiger charge is 2.18. The van der Waals surface area contributed by atoms with Gasteiger partial charge in [0.05, 0.1) is 20.2 Å². The number of rotatable bonds is 6. The lowest BCUT2D eigenvalue weighted by atomic mass is 10.2. The molecule has 4 heteroatoms. The van der Waals surface area contributed by atoms with Crippen LogP contribution >= 0.6 is 15.9 Å². The van der Waals surface area contributed by atoms with Crippen LogP contribution < -0.4 is 14.5 Å². The third-order valence-corrected chi connectivity index (χ3v) is 4.62. The predicted octanol–water partition coefficient (Wildman–Crippen LogP) is 0.330. The summed E-state index contributed by atoms with van der Waals surface area (Å²) in [5.74, 6) is 1.02. The highest BCUT2D eigenvalue weighted by molar-refractivity contribution is 9.10. The van der Waals surface area contributed by atoms with Crippen molar-refractivity contribution in [3.8, 4) is 5.75 Å². The summed E-state index contributed by atoms with van der Waals surface area (Å²) >= 11 is 3.48. The second kappa shape index (κ2) is 8.01. The molecule has 1 aromatic rings. The quantitative estimate of drug-likeness (QED) is 0.713. The zero-order chi connectivity index (χ0) is 14.4. The van der Waals surface area contributed by atoms with Crippen molar-refractivity contribution in [2.45, 2.75) is 19.8 Å². The van der Waals surface area contributed by atoms with Gasteiger partial charge >= 0.3 is 0 Å². The average molecular weight is 343 g/mol. The summed E-state index contributed by atoms with van der Waals surface area (Å²) < 4.78 is 6.98. The van der Waals surface area contributed by atoms with Crippen molar-refractivity contribution in [1.29, 1.82) is 0 Å². The Hall–Kier alpha value is -0.580. The molecule has 0 amide bonds. The van der Waals surface area contributed by atoms with Crippen LogP contribution in [0.4, 0.5) is 0 Å². The third-order valence-electron chi connectivity index (χ3n) is 4.13. The molecule has 0 spiro atoms. The van der Waals surface area contributed by atoms with E-state index in [0.29, 0.717) is 0 Å². The second-order valence-corrected chi connectivity index (χ2v) is 6.84. The van der Waals surface area contributed by atoms with E-state index in [9.17, 15) is 0 Å². The van der Waals surface area contributed by atoms with Gasteiger partial charge in [0.15, 0.2) is 0 Å². The molecule has 3 nitrogen and oxygen atoms in total. The molecule has 1 fully saturated rings. The van der Waals surface area contributed by atoms with Gasteiger partial charge in [0.1, 0.15) is 31.9 Å². The number of unbranched alkanes of at least 4 members (excludes halogenated alkanes) is 1. The number of benzene rings is 1. The Bertz CT molecular complexity index is 417. The van der Waals surface area contributed by atoms with E-state index < -0.39 is 0 Å². The average Bonchev–Trinajstić information content (AvgIpc) is 2.42. The third kappa shape index (κ3) is 5.08. The van der Waals surface area contributed by atoms with Crippen LogP contribution in [-0.4, -0.2) is 46.4 Å². The molecule has 1 heterocycles. The topological polar surface area (TPSA) is 18.1 Å². The van der Waals surface area contributed by atoms with E-state index in [1.165, 1.54) is 44.7 Å². The zero-order valence-electron chi connectivity index (χ0n) is 12.7. The summed E-state index contributed by atoms with van der Waals surface area (Å²) in [4.78, 5) is 3.46. The minimum Gasteiger partial charge on any atom is -0.493 e. The van der Waals surface area contributed by atoms with Gasteiger partial charge in [0.25, 0.3) is 0 Å². The summed E-state index contributed by atoms with van der Waals surface area (Å²) in [7, 11) is 2.30. The number of halogens is 1. The van der Waals surface area contributed by atoms with Gasteiger partial charge in [-0.05, 0) is 43.5 Å². The first-order valence-corrected chi connectivity index (χ1v) is 8.48. The van der Waals surface area contributed by atoms with Gasteiger partial charge in [-0.2, -0.15) is 0 Å². The van der Waals surface area contributed by atoms with Crippen LogP contribution in [0.3, 0.4) is 0 Å². The van der Waals surface area contributed by atoms with Gasteiger partial charge < -0.3 is 14.5 Å². The molecule has 2 rings (SSSR count). The number of aryl methyl sites for hydroxylation is 1. The molecule has 1 aromatic carbocycles. The van der Waals surface area contributed by atoms with Gasteiger partial charge in [0.2, 0.25) is 0 Å². The van der Waals surface area contributed by atoms with Gasteiger partial charge in [0, 0.05) is 4.47 Å². The molecule has 0 radical (unpaired) electrons. The minimum absolute atomic E-state index is 0.834. The maximum atomic E-state index is 5.86. The Balaban J connectivity index is 1.59. The van der Waals surface area contributed by atoms with Crippen LogP contribution in [0.25, 0.3) is 0 Å². The smallest absolute Gasteiger partial charge is 0.127 e. The Morgan fingerprint density at radius 2 is 1.90 bits per heavy atom. The van der Waals surface area contributed by atoms with E-state index in [1.54, 1.807) is 9.80 Å². The number of ether oxygens (including phenoxy) is 1. The van der Waals surface area contributed by atoms with Crippen LogP contribution in [0.5, 0.6) is 5.75 Å². The van der Waals surface area contributed by atoms with Crippen molar-refractivity contribution in [3.05, 3.63) is 28.2 Å². The largest absolute Gasteiger partial charge is 0.493 e. The first-order valence-electron chi connectivity index (χ1n) is 7.69. The molecule has 0 saturated carbocycles. The molecule has 2 N–H and O–H groups in total. The maximum Gasteiger partial charge on any atom is 0.127 e. The number of piperazine rings is 1. The van der Waals surface area contributed by atoms with E-state index in [0.717, 1.165) is 23.2 Å². The van der Waals surface area contributed by atoms with E-state index in [2.05, 4.69) is 36.0 Å². The van der Waals surface area contributed by atoms with Gasteiger partial charge in [-0.15, -0.1) is 0 Å². The number of hydrogen-bond donors (Lipinski definition) is 2. The lowest BCUT2D eigenvalue weighted by molar-refractivity contribution is -1.00. The van der Waals surface area contributed by atoms with Crippen molar-refractivity contribution in [2.75, 3.05) is 46.4 Å². The SMILES string of the molecule is Cc1cc(Br)ccc1OCCCC[NH+]1CC[NH+](C)CC1. The summed E-state index contributed by atoms with van der Waals surface area (Å²) in [6.07, 6.45) is 2.42. The lowest BCUT2D eigenvalue weighted by Crippen LogP contribution is -3.27. The van der Waals surface area contributed by atoms with E-state index >= 15 is 0 Å². The fourth-order valence-corrected chi connectivity index (χ4v) is 3.19. The van der Waals surface area contributed by atoms with E-state index in [-0.39, 0.29) is 0 Å². The summed E-state index contributed by atoms with van der Waals surface area (Å²) in [5.41, 5.74) is 1.20. The van der Waals surface area contributed by atoms with Crippen LogP contribution in [0.2, 0.25) is 0 Å². The van der Waals surface area contributed by atoms with Crippen molar-refractivity contribution in [3.63, 3.8) is 0 Å². The highest BCUT2D eigenvalue weighted by Crippen LogP contribution is 2.22. The van der Waals surface area contributed by atoms with Gasteiger partial charge in [-0.3, -0.25) is 0 Å². The number of hydrogen-bond acceptors (Lipinski definition) is 1. The number of likely N-dealkylation sites (N-methyl/N-ethyl adjacent to an activating group) is 1. The fraction of sp³-hybridized carbons (Fsp3) is 0.625. The van der Waals surface area contributed by atoms with Crippen molar-refractivity contribution >= 4 is 15.9 Å². The van der Waals surface area contributed by atoms with Crippen LogP contribution in [0.15, 0.2) is 22.7 Å². The lowest BCUT2D eigenvalue weighted by Gasteiger charge is -2.27. The first-order chi connectivity index (χ1) is 9.65. The predicted molar refractivity (Wildman–Crippen MR) is 85.8 cm³/mol. The van der Waals surface area contributed by atoms with Gasteiger partial charge in [-0.25, -0.2) is 0 Å². The van der Waals surface area contributed by atoms with Crippen LogP contribution in [0, 0.1) is 6.92 Å².